The molecule has 0 aliphatic carbocycles. The van der Waals surface area contributed by atoms with Crippen LogP contribution in [-0.2, 0) is 16.2 Å². The summed E-state index contributed by atoms with van der Waals surface area (Å²) in [6, 6.07) is 20.4. The molecule has 0 bridgehead atoms. The molecule has 162 valence electrons. The molecule has 3 aromatic rings. The molecular formula is C25H20Cl2N2O2S. The molecule has 3 aromatic carbocycles. The average molecular weight is 483 g/mol. The molecule has 1 spiro atoms. The van der Waals surface area contributed by atoms with E-state index in [1.807, 2.05) is 43.3 Å². The van der Waals surface area contributed by atoms with Gasteiger partial charge >= 0.3 is 0 Å². The third kappa shape index (κ3) is 3.40. The van der Waals surface area contributed by atoms with Crippen molar-refractivity contribution < 1.29 is 9.59 Å². The molecule has 7 heteroatoms. The monoisotopic (exact) mass is 482 g/mol. The Morgan fingerprint density at radius 2 is 1.69 bits per heavy atom. The second-order valence-corrected chi connectivity index (χ2v) is 10.2. The zero-order valence-electron chi connectivity index (χ0n) is 17.3. The predicted octanol–water partition coefficient (Wildman–Crippen LogP) is 5.89. The quantitative estimate of drug-likeness (QED) is 0.467. The number of benzene rings is 3. The maximum atomic E-state index is 14.0. The minimum absolute atomic E-state index is 0.111. The van der Waals surface area contributed by atoms with Crippen LogP contribution in [0.25, 0.3) is 0 Å². The smallest absolute Gasteiger partial charge is 0.268 e. The summed E-state index contributed by atoms with van der Waals surface area (Å²) in [5.41, 5.74) is 4.26. The largest absolute Gasteiger partial charge is 0.311 e. The SMILES string of the molecule is Cc1ccc(CN2C(=O)[C@]3(SCCN3C(=O)c3ccc(Cl)cc3)c3cc(Cl)ccc32)cc1. The van der Waals surface area contributed by atoms with Crippen molar-refractivity contribution in [3.63, 3.8) is 0 Å². The summed E-state index contributed by atoms with van der Waals surface area (Å²) >= 11 is 13.9. The average Bonchev–Trinajstić information content (AvgIpc) is 3.32. The van der Waals surface area contributed by atoms with Crippen LogP contribution in [0.2, 0.25) is 10.0 Å². The van der Waals surface area contributed by atoms with E-state index < -0.39 is 4.87 Å². The maximum absolute atomic E-state index is 14.0. The van der Waals surface area contributed by atoms with E-state index in [-0.39, 0.29) is 11.8 Å². The summed E-state index contributed by atoms with van der Waals surface area (Å²) in [6.07, 6.45) is 0. The lowest BCUT2D eigenvalue weighted by atomic mass is 10.0. The molecule has 2 aliphatic rings. The Labute approximate surface area is 201 Å². The molecule has 2 aliphatic heterocycles. The second kappa shape index (κ2) is 8.14. The lowest BCUT2D eigenvalue weighted by Crippen LogP contribution is -2.50. The van der Waals surface area contributed by atoms with Crippen molar-refractivity contribution in [2.75, 3.05) is 17.2 Å². The molecule has 1 saturated heterocycles. The Morgan fingerprint density at radius 1 is 1.00 bits per heavy atom. The highest BCUT2D eigenvalue weighted by Gasteiger charge is 2.59. The zero-order chi connectivity index (χ0) is 22.5. The van der Waals surface area contributed by atoms with E-state index in [0.29, 0.717) is 34.5 Å². The van der Waals surface area contributed by atoms with Gasteiger partial charge in [-0.25, -0.2) is 0 Å². The number of rotatable bonds is 3. The number of hydrogen-bond acceptors (Lipinski definition) is 3. The van der Waals surface area contributed by atoms with Gasteiger partial charge < -0.3 is 9.80 Å². The van der Waals surface area contributed by atoms with Gasteiger partial charge in [0.2, 0.25) is 0 Å². The second-order valence-electron chi connectivity index (χ2n) is 7.99. The van der Waals surface area contributed by atoms with E-state index in [0.717, 1.165) is 22.4 Å². The van der Waals surface area contributed by atoms with Crippen LogP contribution < -0.4 is 4.90 Å². The van der Waals surface area contributed by atoms with Crippen molar-refractivity contribution in [1.82, 2.24) is 4.90 Å². The number of thioether (sulfide) groups is 1. The van der Waals surface area contributed by atoms with Crippen LogP contribution in [0.1, 0.15) is 27.0 Å². The molecule has 0 saturated carbocycles. The number of carbonyl (C=O) groups excluding carboxylic acids is 2. The van der Waals surface area contributed by atoms with Crippen molar-refractivity contribution in [1.29, 1.82) is 0 Å². The first-order chi connectivity index (χ1) is 15.4. The first-order valence-corrected chi connectivity index (χ1v) is 12.0. The third-order valence-electron chi connectivity index (χ3n) is 5.95. The molecule has 2 heterocycles. The highest BCUT2D eigenvalue weighted by Crippen LogP contribution is 2.55. The van der Waals surface area contributed by atoms with Gasteiger partial charge in [-0.3, -0.25) is 9.59 Å². The van der Waals surface area contributed by atoms with Crippen LogP contribution in [0.4, 0.5) is 5.69 Å². The van der Waals surface area contributed by atoms with E-state index in [2.05, 4.69) is 0 Å². The number of anilines is 1. The standard InChI is InChI=1S/C25H20Cl2N2O2S/c1-16-2-4-17(5-3-16)15-28-22-11-10-20(27)14-21(22)25(24(28)31)29(12-13-32-25)23(30)18-6-8-19(26)9-7-18/h2-11,14H,12-13,15H2,1H3/t25-/m1/s1. The lowest BCUT2D eigenvalue weighted by Gasteiger charge is -2.33. The van der Waals surface area contributed by atoms with Crippen LogP contribution in [0.5, 0.6) is 0 Å². The molecule has 0 aromatic heterocycles. The van der Waals surface area contributed by atoms with Crippen molar-refractivity contribution in [3.8, 4) is 0 Å². The fraction of sp³-hybridized carbons (Fsp3) is 0.200. The number of amides is 2. The number of hydrogen-bond donors (Lipinski definition) is 0. The van der Waals surface area contributed by atoms with Gasteiger partial charge in [0.15, 0.2) is 4.87 Å². The molecule has 4 nitrogen and oxygen atoms in total. The molecule has 32 heavy (non-hydrogen) atoms. The Kier molecular flexibility index (Phi) is 5.44. The number of nitrogens with zero attached hydrogens (tertiary/aromatic N) is 2. The fourth-order valence-corrected chi connectivity index (χ4v) is 6.12. The molecule has 1 atom stereocenters. The topological polar surface area (TPSA) is 40.6 Å². The number of carbonyl (C=O) groups is 2. The van der Waals surface area contributed by atoms with Crippen LogP contribution in [0.3, 0.4) is 0 Å². The minimum Gasteiger partial charge on any atom is -0.311 e. The summed E-state index contributed by atoms with van der Waals surface area (Å²) in [4.78, 5) is 29.9. The number of aryl methyl sites for hydroxylation is 1. The molecule has 5 rings (SSSR count). The molecular weight excluding hydrogens is 463 g/mol. The number of halogens is 2. The summed E-state index contributed by atoms with van der Waals surface area (Å²) in [6.45, 7) is 2.94. The van der Waals surface area contributed by atoms with Gasteiger partial charge in [-0.2, -0.15) is 0 Å². The first-order valence-electron chi connectivity index (χ1n) is 10.3. The minimum atomic E-state index is -1.12. The highest BCUT2D eigenvalue weighted by atomic mass is 35.5. The maximum Gasteiger partial charge on any atom is 0.268 e. The third-order valence-corrected chi connectivity index (χ3v) is 7.86. The van der Waals surface area contributed by atoms with Gasteiger partial charge in [0.05, 0.1) is 12.2 Å². The molecule has 1 fully saturated rings. The van der Waals surface area contributed by atoms with Crippen LogP contribution in [0.15, 0.2) is 66.7 Å². The van der Waals surface area contributed by atoms with E-state index in [1.54, 1.807) is 40.1 Å². The van der Waals surface area contributed by atoms with Gasteiger partial charge in [-0.05, 0) is 55.0 Å². The van der Waals surface area contributed by atoms with E-state index >= 15 is 0 Å². The molecule has 2 amide bonds. The Hall–Kier alpha value is -2.47. The Morgan fingerprint density at radius 3 is 2.41 bits per heavy atom. The van der Waals surface area contributed by atoms with E-state index in [1.165, 1.54) is 11.8 Å². The van der Waals surface area contributed by atoms with Gasteiger partial charge in [0, 0.05) is 33.5 Å². The van der Waals surface area contributed by atoms with Crippen molar-refractivity contribution in [3.05, 3.63) is 99.0 Å². The molecule has 0 unspecified atom stereocenters. The van der Waals surface area contributed by atoms with Gasteiger partial charge in [0.25, 0.3) is 11.8 Å². The van der Waals surface area contributed by atoms with E-state index in [9.17, 15) is 9.59 Å². The Bertz CT molecular complexity index is 1210. The summed E-state index contributed by atoms with van der Waals surface area (Å²) in [5, 5.41) is 1.10. The van der Waals surface area contributed by atoms with E-state index in [4.69, 9.17) is 23.2 Å². The van der Waals surface area contributed by atoms with Gasteiger partial charge in [-0.1, -0.05) is 53.0 Å². The summed E-state index contributed by atoms with van der Waals surface area (Å²) in [7, 11) is 0. The Balaban J connectivity index is 1.58. The van der Waals surface area contributed by atoms with Crippen molar-refractivity contribution >= 4 is 52.5 Å². The fourth-order valence-electron chi connectivity index (χ4n) is 4.37. The summed E-state index contributed by atoms with van der Waals surface area (Å²) < 4.78 is 0. The highest BCUT2D eigenvalue weighted by molar-refractivity contribution is 8.01. The molecule has 0 radical (unpaired) electrons. The predicted molar refractivity (Wildman–Crippen MR) is 130 cm³/mol. The first kappa shape index (κ1) is 21.4. The van der Waals surface area contributed by atoms with Crippen molar-refractivity contribution in [2.24, 2.45) is 0 Å². The lowest BCUT2D eigenvalue weighted by molar-refractivity contribution is -0.123. The summed E-state index contributed by atoms with van der Waals surface area (Å²) in [5.74, 6) is 0.360. The zero-order valence-corrected chi connectivity index (χ0v) is 19.7. The number of fused-ring (bicyclic) bond motifs is 2. The van der Waals surface area contributed by atoms with Gasteiger partial charge in [-0.15, -0.1) is 11.8 Å². The van der Waals surface area contributed by atoms with Crippen LogP contribution >= 0.6 is 35.0 Å². The van der Waals surface area contributed by atoms with Gasteiger partial charge in [0.1, 0.15) is 0 Å². The van der Waals surface area contributed by atoms with Crippen molar-refractivity contribution in [2.45, 2.75) is 18.3 Å². The van der Waals surface area contributed by atoms with Crippen LogP contribution in [-0.4, -0.2) is 29.0 Å². The van der Waals surface area contributed by atoms with Crippen LogP contribution in [0, 0.1) is 6.92 Å². The molecule has 0 N–H and O–H groups in total. The normalized spacial score (nSPS) is 19.7.